The van der Waals surface area contributed by atoms with Crippen molar-refractivity contribution < 1.29 is 31.5 Å². The van der Waals surface area contributed by atoms with Crippen LogP contribution >= 0.6 is 0 Å². The van der Waals surface area contributed by atoms with Gasteiger partial charge >= 0.3 is 12.3 Å². The van der Waals surface area contributed by atoms with Crippen molar-refractivity contribution in [2.45, 2.75) is 18.0 Å². The number of amides is 1. The fourth-order valence-corrected chi connectivity index (χ4v) is 3.44. The molecule has 1 amide bonds. The number of alkyl halides is 3. The smallest absolute Gasteiger partial charge is 0.435 e. The summed E-state index contributed by atoms with van der Waals surface area (Å²) in [5.41, 5.74) is -1.50. The first-order chi connectivity index (χ1) is 13.0. The van der Waals surface area contributed by atoms with Crippen LogP contribution in [0, 0.1) is 0 Å². The van der Waals surface area contributed by atoms with Crippen molar-refractivity contribution in [3.8, 4) is 11.4 Å². The number of halogens is 3. The van der Waals surface area contributed by atoms with Crippen molar-refractivity contribution in [3.05, 3.63) is 36.3 Å². The van der Waals surface area contributed by atoms with Gasteiger partial charge in [-0.15, -0.1) is 0 Å². The molecule has 2 N–H and O–H groups in total. The molecule has 0 aliphatic rings. The van der Waals surface area contributed by atoms with Gasteiger partial charge in [-0.2, -0.15) is 18.3 Å². The van der Waals surface area contributed by atoms with E-state index in [0.29, 0.717) is 0 Å². The van der Waals surface area contributed by atoms with Crippen molar-refractivity contribution in [1.82, 2.24) is 19.6 Å². The highest BCUT2D eigenvalue weighted by atomic mass is 32.2. The van der Waals surface area contributed by atoms with Gasteiger partial charge in [-0.3, -0.25) is 10.3 Å². The summed E-state index contributed by atoms with van der Waals surface area (Å²) >= 11 is 0. The van der Waals surface area contributed by atoms with Crippen molar-refractivity contribution in [2.24, 2.45) is 0 Å². The Morgan fingerprint density at radius 3 is 2.64 bits per heavy atom. The average Bonchev–Trinajstić information content (AvgIpc) is 3.05. The number of sulfone groups is 1. The van der Waals surface area contributed by atoms with E-state index in [2.05, 4.69) is 15.1 Å². The highest BCUT2D eigenvalue weighted by molar-refractivity contribution is 7.91. The van der Waals surface area contributed by atoms with Crippen LogP contribution in [0.5, 0.6) is 0 Å². The fourth-order valence-electron chi connectivity index (χ4n) is 2.37. The molecule has 3 aromatic heterocycles. The lowest BCUT2D eigenvalue weighted by Gasteiger charge is -2.10. The molecule has 9 nitrogen and oxygen atoms in total. The predicted molar refractivity (Wildman–Crippen MR) is 90.6 cm³/mol. The van der Waals surface area contributed by atoms with E-state index in [1.165, 1.54) is 19.2 Å². The minimum absolute atomic E-state index is 0.00461. The Labute approximate surface area is 155 Å². The zero-order valence-corrected chi connectivity index (χ0v) is 14.9. The van der Waals surface area contributed by atoms with Crippen LogP contribution in [-0.2, 0) is 16.0 Å². The maximum atomic E-state index is 12.8. The average molecular weight is 415 g/mol. The van der Waals surface area contributed by atoms with E-state index in [9.17, 15) is 26.4 Å². The first-order valence-corrected chi connectivity index (χ1v) is 9.33. The summed E-state index contributed by atoms with van der Waals surface area (Å²) < 4.78 is 64.2. The van der Waals surface area contributed by atoms with Crippen LogP contribution in [0.1, 0.15) is 12.6 Å². The van der Waals surface area contributed by atoms with Gasteiger partial charge in [-0.25, -0.2) is 22.7 Å². The summed E-state index contributed by atoms with van der Waals surface area (Å²) in [7, 11) is -3.84. The van der Waals surface area contributed by atoms with Crippen molar-refractivity contribution in [1.29, 1.82) is 0 Å². The molecule has 0 bridgehead atoms. The van der Waals surface area contributed by atoms with Gasteiger partial charge in [0.25, 0.3) is 0 Å². The lowest BCUT2D eigenvalue weighted by molar-refractivity contribution is -0.141. The normalized spacial score (nSPS) is 12.3. The van der Waals surface area contributed by atoms with Gasteiger partial charge in [0.2, 0.25) is 0 Å². The molecule has 0 aliphatic carbocycles. The van der Waals surface area contributed by atoms with E-state index < -0.39 is 27.8 Å². The van der Waals surface area contributed by atoms with E-state index in [1.807, 2.05) is 5.32 Å². The van der Waals surface area contributed by atoms with Crippen LogP contribution in [0.4, 0.5) is 23.7 Å². The maximum Gasteiger partial charge on any atom is 0.435 e. The lowest BCUT2D eigenvalue weighted by atomic mass is 10.2. The van der Waals surface area contributed by atoms with Crippen molar-refractivity contribution in [2.75, 3.05) is 11.1 Å². The number of hydrogen-bond donors (Lipinski definition) is 2. The van der Waals surface area contributed by atoms with E-state index in [-0.39, 0.29) is 33.4 Å². The molecular formula is C15H12F3N5O4S. The maximum absolute atomic E-state index is 12.8. The predicted octanol–water partition coefficient (Wildman–Crippen LogP) is 2.69. The minimum atomic E-state index is -4.66. The Hall–Kier alpha value is -3.22. The van der Waals surface area contributed by atoms with Gasteiger partial charge < -0.3 is 5.11 Å². The van der Waals surface area contributed by atoms with E-state index in [4.69, 9.17) is 5.11 Å². The summed E-state index contributed by atoms with van der Waals surface area (Å²) in [6, 6.07) is 3.07. The summed E-state index contributed by atoms with van der Waals surface area (Å²) in [4.78, 5) is 18.5. The molecule has 0 unspecified atom stereocenters. The lowest BCUT2D eigenvalue weighted by Crippen LogP contribution is -2.12. The standard InChI is InChI=1S/C15H12F3N5O4S/c1-2-28(26,27)10-5-8(20-14(24)25)7-19-13(10)9-3-4-23-12(21-9)6-11(22-23)15(16,17)18/h3-7,20H,2H2,1H3,(H,24,25). The molecule has 0 radical (unpaired) electrons. The number of carboxylic acid groups (broad SMARTS) is 1. The molecule has 3 heterocycles. The second-order valence-corrected chi connectivity index (χ2v) is 7.79. The number of nitrogens with zero attached hydrogens (tertiary/aromatic N) is 4. The van der Waals surface area contributed by atoms with E-state index in [1.54, 1.807) is 0 Å². The monoisotopic (exact) mass is 415 g/mol. The van der Waals surface area contributed by atoms with Gasteiger partial charge in [-0.05, 0) is 12.1 Å². The van der Waals surface area contributed by atoms with Crippen LogP contribution in [-0.4, -0.2) is 45.0 Å². The van der Waals surface area contributed by atoms with Crippen LogP contribution < -0.4 is 5.32 Å². The Balaban J connectivity index is 2.18. The summed E-state index contributed by atoms with van der Waals surface area (Å²) in [5.74, 6) is -0.300. The first kappa shape index (κ1) is 19.5. The largest absolute Gasteiger partial charge is 0.465 e. The Morgan fingerprint density at radius 1 is 1.32 bits per heavy atom. The van der Waals surface area contributed by atoms with Gasteiger partial charge in [0, 0.05) is 12.3 Å². The topological polar surface area (TPSA) is 127 Å². The second kappa shape index (κ2) is 6.74. The zero-order chi connectivity index (χ0) is 20.7. The van der Waals surface area contributed by atoms with Crippen molar-refractivity contribution >= 4 is 27.3 Å². The molecule has 0 spiro atoms. The third-order valence-corrected chi connectivity index (χ3v) is 5.42. The number of anilines is 1. The number of carbonyl (C=O) groups is 1. The number of pyridine rings is 1. The molecule has 28 heavy (non-hydrogen) atoms. The number of nitrogens with one attached hydrogen (secondary N) is 1. The summed E-state index contributed by atoms with van der Waals surface area (Å²) in [6.07, 6.45) is -3.79. The molecule has 0 aromatic carbocycles. The molecule has 0 saturated carbocycles. The fraction of sp³-hybridized carbons (Fsp3) is 0.200. The third-order valence-electron chi connectivity index (χ3n) is 3.68. The molecule has 3 aromatic rings. The Bertz CT molecular complexity index is 1170. The molecule has 148 valence electrons. The first-order valence-electron chi connectivity index (χ1n) is 7.68. The molecule has 13 heteroatoms. The van der Waals surface area contributed by atoms with E-state index in [0.717, 1.165) is 22.8 Å². The SMILES string of the molecule is CCS(=O)(=O)c1cc(NC(=O)O)cnc1-c1ccn2nc(C(F)(F)F)cc2n1. The number of fused-ring (bicyclic) bond motifs is 1. The highest BCUT2D eigenvalue weighted by Gasteiger charge is 2.34. The molecule has 0 saturated heterocycles. The Morgan fingerprint density at radius 2 is 2.04 bits per heavy atom. The van der Waals surface area contributed by atoms with Crippen LogP contribution in [0.15, 0.2) is 35.5 Å². The number of aromatic nitrogens is 4. The quantitative estimate of drug-likeness (QED) is 0.671. The zero-order valence-electron chi connectivity index (χ0n) is 14.1. The molecule has 0 fully saturated rings. The number of hydrogen-bond acceptors (Lipinski definition) is 6. The molecule has 0 aliphatic heterocycles. The Kier molecular flexibility index (Phi) is 4.71. The van der Waals surface area contributed by atoms with Gasteiger partial charge in [0.15, 0.2) is 21.2 Å². The molecular weight excluding hydrogens is 403 g/mol. The second-order valence-electron chi connectivity index (χ2n) is 5.55. The number of rotatable bonds is 4. The molecule has 3 rings (SSSR count). The third kappa shape index (κ3) is 3.74. The molecule has 0 atom stereocenters. The highest BCUT2D eigenvalue weighted by Crippen LogP contribution is 2.30. The van der Waals surface area contributed by atoms with Crippen molar-refractivity contribution in [3.63, 3.8) is 0 Å². The van der Waals surface area contributed by atoms with Gasteiger partial charge in [0.1, 0.15) is 5.69 Å². The summed E-state index contributed by atoms with van der Waals surface area (Å²) in [5, 5.41) is 14.2. The van der Waals surface area contributed by atoms with Gasteiger partial charge in [-0.1, -0.05) is 6.92 Å². The van der Waals surface area contributed by atoms with Crippen LogP contribution in [0.3, 0.4) is 0 Å². The van der Waals surface area contributed by atoms with Crippen LogP contribution in [0.2, 0.25) is 0 Å². The van der Waals surface area contributed by atoms with E-state index >= 15 is 0 Å². The van der Waals surface area contributed by atoms with Crippen LogP contribution in [0.25, 0.3) is 17.0 Å². The van der Waals surface area contributed by atoms with Gasteiger partial charge in [0.05, 0.1) is 28.2 Å². The summed E-state index contributed by atoms with van der Waals surface area (Å²) in [6.45, 7) is 1.39. The minimum Gasteiger partial charge on any atom is -0.465 e.